The van der Waals surface area contributed by atoms with Crippen molar-refractivity contribution >= 4 is 29.3 Å². The van der Waals surface area contributed by atoms with Crippen molar-refractivity contribution in [2.75, 3.05) is 5.32 Å². The van der Waals surface area contributed by atoms with Gasteiger partial charge in [-0.3, -0.25) is 29.4 Å². The molecule has 1 aromatic rings. The Kier molecular flexibility index (Phi) is 3.08. The van der Waals surface area contributed by atoms with Gasteiger partial charge in [-0.05, 0) is 44.2 Å². The van der Waals surface area contributed by atoms with Crippen molar-refractivity contribution in [2.45, 2.75) is 50.6 Å². The van der Waals surface area contributed by atoms with E-state index < -0.39 is 29.2 Å². The number of amides is 4. The summed E-state index contributed by atoms with van der Waals surface area (Å²) in [6.07, 6.45) is 4.79. The standard InChI is InChI=1S/C19H19N3O4/c23-13-9-19(7-8-19)15(16(24)21-13)22-17(25)11-5-2-6-12(14(11)18(22)26)20-10-3-1-4-10/h2,5-6,10,15,20H,1,3-4,7-9H2,(H,21,23,24). The Morgan fingerprint density at radius 2 is 1.85 bits per heavy atom. The van der Waals surface area contributed by atoms with Gasteiger partial charge in [0.25, 0.3) is 11.8 Å². The molecule has 1 aromatic carbocycles. The summed E-state index contributed by atoms with van der Waals surface area (Å²) in [6.45, 7) is 0. The second-order valence-electron chi connectivity index (χ2n) is 7.83. The maximum absolute atomic E-state index is 13.2. The number of anilines is 1. The molecular weight excluding hydrogens is 334 g/mol. The van der Waals surface area contributed by atoms with Crippen LogP contribution in [0.2, 0.25) is 0 Å². The summed E-state index contributed by atoms with van der Waals surface area (Å²) in [4.78, 5) is 51.5. The topological polar surface area (TPSA) is 95.6 Å². The third-order valence-corrected chi connectivity index (χ3v) is 6.17. The fourth-order valence-corrected chi connectivity index (χ4v) is 4.38. The van der Waals surface area contributed by atoms with Gasteiger partial charge < -0.3 is 5.32 Å². The van der Waals surface area contributed by atoms with Crippen molar-refractivity contribution in [3.8, 4) is 0 Å². The molecule has 0 bridgehead atoms. The van der Waals surface area contributed by atoms with Crippen molar-refractivity contribution in [2.24, 2.45) is 5.41 Å². The average molecular weight is 353 g/mol. The van der Waals surface area contributed by atoms with Gasteiger partial charge in [0.15, 0.2) is 0 Å². The number of hydrogen-bond acceptors (Lipinski definition) is 5. The Bertz CT molecular complexity index is 870. The van der Waals surface area contributed by atoms with Crippen LogP contribution in [0.1, 0.15) is 59.2 Å². The van der Waals surface area contributed by atoms with Gasteiger partial charge in [0.05, 0.1) is 11.1 Å². The van der Waals surface area contributed by atoms with E-state index in [1.54, 1.807) is 12.1 Å². The lowest BCUT2D eigenvalue weighted by Crippen LogP contribution is -2.59. The molecule has 4 amide bonds. The number of benzene rings is 1. The van der Waals surface area contributed by atoms with Crippen molar-refractivity contribution in [3.05, 3.63) is 29.3 Å². The highest BCUT2D eigenvalue weighted by atomic mass is 16.2. The molecule has 134 valence electrons. The van der Waals surface area contributed by atoms with Gasteiger partial charge in [-0.15, -0.1) is 0 Å². The molecule has 7 heteroatoms. The lowest BCUT2D eigenvalue weighted by molar-refractivity contribution is -0.139. The highest BCUT2D eigenvalue weighted by molar-refractivity contribution is 6.25. The summed E-state index contributed by atoms with van der Waals surface area (Å²) >= 11 is 0. The van der Waals surface area contributed by atoms with Crippen LogP contribution in [0.5, 0.6) is 0 Å². The van der Waals surface area contributed by atoms with E-state index in [0.29, 0.717) is 35.7 Å². The third kappa shape index (κ3) is 2.06. The molecule has 2 heterocycles. The van der Waals surface area contributed by atoms with E-state index in [-0.39, 0.29) is 12.3 Å². The van der Waals surface area contributed by atoms with Crippen molar-refractivity contribution in [1.82, 2.24) is 10.2 Å². The van der Waals surface area contributed by atoms with Crippen LogP contribution in [0.25, 0.3) is 0 Å². The molecule has 4 aliphatic rings. The summed E-state index contributed by atoms with van der Waals surface area (Å²) in [5.74, 6) is -1.74. The molecule has 5 rings (SSSR count). The first-order valence-corrected chi connectivity index (χ1v) is 9.11. The molecule has 7 nitrogen and oxygen atoms in total. The van der Waals surface area contributed by atoms with Crippen LogP contribution in [0.3, 0.4) is 0 Å². The van der Waals surface area contributed by atoms with Crippen LogP contribution in [0.15, 0.2) is 18.2 Å². The highest BCUT2D eigenvalue weighted by Crippen LogP contribution is 2.55. The number of piperidine rings is 1. The molecule has 3 fully saturated rings. The van der Waals surface area contributed by atoms with Crippen LogP contribution in [-0.4, -0.2) is 40.6 Å². The van der Waals surface area contributed by atoms with Gasteiger partial charge in [0.2, 0.25) is 11.8 Å². The van der Waals surface area contributed by atoms with Crippen LogP contribution in [0.4, 0.5) is 5.69 Å². The molecule has 1 atom stereocenters. The Morgan fingerprint density at radius 3 is 2.50 bits per heavy atom. The number of carbonyl (C=O) groups is 4. The smallest absolute Gasteiger partial charge is 0.264 e. The minimum absolute atomic E-state index is 0.185. The van der Waals surface area contributed by atoms with Gasteiger partial charge in [0.1, 0.15) is 6.04 Å². The van der Waals surface area contributed by atoms with E-state index in [1.165, 1.54) is 0 Å². The van der Waals surface area contributed by atoms with Crippen molar-refractivity contribution in [1.29, 1.82) is 0 Å². The fraction of sp³-hybridized carbons (Fsp3) is 0.474. The van der Waals surface area contributed by atoms with Crippen molar-refractivity contribution in [3.63, 3.8) is 0 Å². The fourth-order valence-electron chi connectivity index (χ4n) is 4.38. The summed E-state index contributed by atoms with van der Waals surface area (Å²) in [7, 11) is 0. The highest BCUT2D eigenvalue weighted by Gasteiger charge is 2.62. The summed E-state index contributed by atoms with van der Waals surface area (Å²) in [6, 6.07) is 4.62. The maximum Gasteiger partial charge on any atom is 0.264 e. The number of fused-ring (bicyclic) bond motifs is 1. The number of hydrogen-bond donors (Lipinski definition) is 2. The van der Waals surface area contributed by atoms with Gasteiger partial charge in [0, 0.05) is 23.6 Å². The van der Waals surface area contributed by atoms with Crippen molar-refractivity contribution < 1.29 is 19.2 Å². The minimum atomic E-state index is -0.899. The molecule has 1 unspecified atom stereocenters. The largest absolute Gasteiger partial charge is 0.382 e. The Balaban J connectivity index is 1.53. The first kappa shape index (κ1) is 15.5. The first-order valence-electron chi connectivity index (χ1n) is 9.11. The third-order valence-electron chi connectivity index (χ3n) is 6.17. The Morgan fingerprint density at radius 1 is 1.08 bits per heavy atom. The number of imide groups is 2. The lowest BCUT2D eigenvalue weighted by Gasteiger charge is -2.35. The van der Waals surface area contributed by atoms with Crippen LogP contribution < -0.4 is 10.6 Å². The quantitative estimate of drug-likeness (QED) is 0.802. The van der Waals surface area contributed by atoms with Gasteiger partial charge in [-0.2, -0.15) is 0 Å². The van der Waals surface area contributed by atoms with Gasteiger partial charge in [-0.1, -0.05) is 6.07 Å². The Hall–Kier alpha value is -2.70. The molecule has 2 N–H and O–H groups in total. The predicted octanol–water partition coefficient (Wildman–Crippen LogP) is 1.44. The zero-order chi connectivity index (χ0) is 18.1. The molecule has 0 radical (unpaired) electrons. The summed E-state index contributed by atoms with van der Waals surface area (Å²) < 4.78 is 0. The molecule has 0 aromatic heterocycles. The SMILES string of the molecule is O=C1CC2(CC2)C(N2C(=O)c3cccc(NC4CCC4)c3C2=O)C(=O)N1. The minimum Gasteiger partial charge on any atom is -0.382 e. The molecule has 1 spiro atoms. The number of rotatable bonds is 3. The molecular formula is C19H19N3O4. The summed E-state index contributed by atoms with van der Waals surface area (Å²) in [5, 5.41) is 5.65. The second-order valence-corrected chi connectivity index (χ2v) is 7.83. The zero-order valence-corrected chi connectivity index (χ0v) is 14.2. The van der Waals surface area contributed by atoms with Crippen LogP contribution in [0, 0.1) is 5.41 Å². The van der Waals surface area contributed by atoms with Gasteiger partial charge in [-0.25, -0.2) is 0 Å². The number of nitrogens with one attached hydrogen (secondary N) is 2. The average Bonchev–Trinajstić information content (AvgIpc) is 3.27. The number of nitrogens with zero attached hydrogens (tertiary/aromatic N) is 1. The van der Waals surface area contributed by atoms with E-state index in [2.05, 4.69) is 10.6 Å². The molecule has 1 saturated heterocycles. The number of carbonyl (C=O) groups excluding carboxylic acids is 4. The maximum atomic E-state index is 13.2. The van der Waals surface area contributed by atoms with Crippen LogP contribution in [-0.2, 0) is 9.59 Å². The predicted molar refractivity (Wildman–Crippen MR) is 91.4 cm³/mol. The van der Waals surface area contributed by atoms with E-state index in [4.69, 9.17) is 0 Å². The molecule has 26 heavy (non-hydrogen) atoms. The lowest BCUT2D eigenvalue weighted by atomic mass is 9.87. The summed E-state index contributed by atoms with van der Waals surface area (Å²) in [5.41, 5.74) is 0.767. The Labute approximate surface area is 150 Å². The van der Waals surface area contributed by atoms with E-state index in [9.17, 15) is 19.2 Å². The molecule has 2 aliphatic heterocycles. The second kappa shape index (κ2) is 5.16. The van der Waals surface area contributed by atoms with E-state index >= 15 is 0 Å². The van der Waals surface area contributed by atoms with E-state index in [0.717, 1.165) is 24.2 Å². The zero-order valence-electron chi connectivity index (χ0n) is 14.2. The van der Waals surface area contributed by atoms with E-state index in [1.807, 2.05) is 6.07 Å². The first-order chi connectivity index (χ1) is 12.5. The van der Waals surface area contributed by atoms with Crippen LogP contribution >= 0.6 is 0 Å². The van der Waals surface area contributed by atoms with Gasteiger partial charge >= 0.3 is 0 Å². The normalized spacial score (nSPS) is 26.6. The monoisotopic (exact) mass is 353 g/mol. The molecule has 2 saturated carbocycles. The molecule has 2 aliphatic carbocycles.